The molecule has 0 aliphatic carbocycles. The molecule has 1 N–H and O–H groups in total. The number of carbonyl (C=O) groups is 1. The maximum atomic E-state index is 12.6. The van der Waals surface area contributed by atoms with E-state index in [2.05, 4.69) is 21.5 Å². The van der Waals surface area contributed by atoms with Gasteiger partial charge >= 0.3 is 0 Å². The summed E-state index contributed by atoms with van der Waals surface area (Å²) in [5, 5.41) is 17.0. The van der Waals surface area contributed by atoms with Gasteiger partial charge in [-0.1, -0.05) is 23.5 Å². The van der Waals surface area contributed by atoms with Crippen LogP contribution in [0.5, 0.6) is 0 Å². The quantitative estimate of drug-likeness (QED) is 0.583. The number of fused-ring (bicyclic) bond motifs is 1. The lowest BCUT2D eigenvalue weighted by molar-refractivity contribution is 0.102. The molecule has 1 amide bonds. The average Bonchev–Trinajstić information content (AvgIpc) is 3.24. The highest BCUT2D eigenvalue weighted by molar-refractivity contribution is 7.20. The van der Waals surface area contributed by atoms with Crippen molar-refractivity contribution in [1.29, 1.82) is 5.26 Å². The summed E-state index contributed by atoms with van der Waals surface area (Å²) in [5.41, 5.74) is 3.69. The highest BCUT2D eigenvalue weighted by Crippen LogP contribution is 2.28. The Morgan fingerprint density at radius 3 is 2.85 bits per heavy atom. The third-order valence-electron chi connectivity index (χ3n) is 4.04. The Bertz CT molecular complexity index is 1210. The summed E-state index contributed by atoms with van der Waals surface area (Å²) < 4.78 is 2.71. The predicted molar refractivity (Wildman–Crippen MR) is 105 cm³/mol. The fourth-order valence-corrected chi connectivity index (χ4v) is 3.79. The fourth-order valence-electron chi connectivity index (χ4n) is 2.76. The SMILES string of the molecule is Cc1ccc2nc(-n3nc(C)cc3NC(=O)c3cccc(C#N)c3)sc2c1. The molecule has 4 rings (SSSR count). The molecule has 132 valence electrons. The number of rotatable bonds is 3. The Balaban J connectivity index is 1.70. The van der Waals surface area contributed by atoms with Crippen LogP contribution in [0, 0.1) is 25.2 Å². The van der Waals surface area contributed by atoms with E-state index < -0.39 is 0 Å². The van der Waals surface area contributed by atoms with Gasteiger partial charge in [-0.2, -0.15) is 15.0 Å². The lowest BCUT2D eigenvalue weighted by atomic mass is 10.1. The Morgan fingerprint density at radius 1 is 1.19 bits per heavy atom. The van der Waals surface area contributed by atoms with Gasteiger partial charge in [0, 0.05) is 11.6 Å². The first-order valence-corrected chi connectivity index (χ1v) is 9.11. The zero-order valence-corrected chi connectivity index (χ0v) is 15.5. The van der Waals surface area contributed by atoms with Crippen molar-refractivity contribution < 1.29 is 4.79 Å². The molecule has 2 aromatic carbocycles. The molecule has 7 heteroatoms. The molecule has 4 aromatic rings. The van der Waals surface area contributed by atoms with Gasteiger partial charge in [0.15, 0.2) is 0 Å². The number of aromatic nitrogens is 3. The van der Waals surface area contributed by atoms with Gasteiger partial charge in [-0.05, 0) is 49.7 Å². The van der Waals surface area contributed by atoms with E-state index in [1.165, 1.54) is 16.9 Å². The van der Waals surface area contributed by atoms with Crippen molar-refractivity contribution in [3.05, 3.63) is 70.9 Å². The molecule has 0 fully saturated rings. The summed E-state index contributed by atoms with van der Waals surface area (Å²) in [5.74, 6) is 0.237. The van der Waals surface area contributed by atoms with Crippen molar-refractivity contribution in [2.75, 3.05) is 5.32 Å². The predicted octanol–water partition coefficient (Wildman–Crippen LogP) is 4.22. The second-order valence-electron chi connectivity index (χ2n) is 6.20. The number of nitrogens with one attached hydrogen (secondary N) is 1. The normalized spacial score (nSPS) is 10.7. The topological polar surface area (TPSA) is 83.6 Å². The zero-order valence-electron chi connectivity index (χ0n) is 14.7. The molecule has 0 aliphatic heterocycles. The van der Waals surface area contributed by atoms with Crippen LogP contribution in [0.15, 0.2) is 48.5 Å². The van der Waals surface area contributed by atoms with Crippen LogP contribution in [0.2, 0.25) is 0 Å². The summed E-state index contributed by atoms with van der Waals surface area (Å²) in [6.07, 6.45) is 0. The number of anilines is 1. The van der Waals surface area contributed by atoms with Gasteiger partial charge in [-0.3, -0.25) is 4.79 Å². The highest BCUT2D eigenvalue weighted by Gasteiger charge is 2.15. The third kappa shape index (κ3) is 3.30. The Kier molecular flexibility index (Phi) is 4.18. The number of nitriles is 1. The molecular weight excluding hydrogens is 358 g/mol. The maximum Gasteiger partial charge on any atom is 0.256 e. The van der Waals surface area contributed by atoms with Crippen molar-refractivity contribution in [2.45, 2.75) is 13.8 Å². The average molecular weight is 373 g/mol. The minimum absolute atomic E-state index is 0.301. The van der Waals surface area contributed by atoms with E-state index in [9.17, 15) is 4.79 Å². The molecule has 0 aliphatic rings. The molecule has 2 heterocycles. The largest absolute Gasteiger partial charge is 0.306 e. The summed E-state index contributed by atoms with van der Waals surface area (Å²) in [6.45, 7) is 3.90. The summed E-state index contributed by atoms with van der Waals surface area (Å²) in [6, 6.07) is 16.5. The van der Waals surface area contributed by atoms with Crippen molar-refractivity contribution in [2.24, 2.45) is 0 Å². The lowest BCUT2D eigenvalue weighted by Crippen LogP contribution is -2.15. The summed E-state index contributed by atoms with van der Waals surface area (Å²) in [4.78, 5) is 17.2. The standard InChI is InChI=1S/C20H15N5OS/c1-12-6-7-16-17(8-12)27-20(22-16)25-18(9-13(2)24-25)23-19(26)15-5-3-4-14(10-15)11-21/h3-10H,1-2H3,(H,23,26). The third-order valence-corrected chi connectivity index (χ3v) is 5.03. The molecular formula is C20H15N5OS. The van der Waals surface area contributed by atoms with Crippen molar-refractivity contribution in [1.82, 2.24) is 14.8 Å². The fraction of sp³-hybridized carbons (Fsp3) is 0.100. The van der Waals surface area contributed by atoms with Gasteiger partial charge in [-0.15, -0.1) is 0 Å². The van der Waals surface area contributed by atoms with Crippen LogP contribution in [-0.2, 0) is 0 Å². The zero-order chi connectivity index (χ0) is 19.0. The number of hydrogen-bond acceptors (Lipinski definition) is 5. The Morgan fingerprint density at radius 2 is 2.04 bits per heavy atom. The number of nitrogens with zero attached hydrogens (tertiary/aromatic N) is 4. The lowest BCUT2D eigenvalue weighted by Gasteiger charge is -2.06. The Hall–Kier alpha value is -3.50. The monoisotopic (exact) mass is 373 g/mol. The second-order valence-corrected chi connectivity index (χ2v) is 7.21. The molecule has 6 nitrogen and oxygen atoms in total. The molecule has 27 heavy (non-hydrogen) atoms. The summed E-state index contributed by atoms with van der Waals surface area (Å²) >= 11 is 1.52. The van der Waals surface area contributed by atoms with Gasteiger partial charge in [0.25, 0.3) is 5.91 Å². The molecule has 0 saturated carbocycles. The van der Waals surface area contributed by atoms with Crippen molar-refractivity contribution in [3.8, 4) is 11.2 Å². The van der Waals surface area contributed by atoms with Gasteiger partial charge in [-0.25, -0.2) is 4.98 Å². The molecule has 0 radical (unpaired) electrons. The first kappa shape index (κ1) is 16.9. The van der Waals surface area contributed by atoms with Crippen LogP contribution < -0.4 is 5.32 Å². The molecule has 2 aromatic heterocycles. The van der Waals surface area contributed by atoms with Crippen LogP contribution in [0.1, 0.15) is 27.2 Å². The number of amides is 1. The van der Waals surface area contributed by atoms with E-state index in [0.717, 1.165) is 15.9 Å². The highest BCUT2D eigenvalue weighted by atomic mass is 32.1. The maximum absolute atomic E-state index is 12.6. The number of aryl methyl sites for hydroxylation is 2. The molecule has 0 bridgehead atoms. The number of hydrogen-bond donors (Lipinski definition) is 1. The van der Waals surface area contributed by atoms with Crippen LogP contribution in [0.25, 0.3) is 15.3 Å². The van der Waals surface area contributed by atoms with E-state index in [0.29, 0.717) is 22.1 Å². The van der Waals surface area contributed by atoms with Crippen LogP contribution in [0.3, 0.4) is 0 Å². The van der Waals surface area contributed by atoms with Crippen molar-refractivity contribution >= 4 is 33.3 Å². The van der Waals surface area contributed by atoms with Gasteiger partial charge < -0.3 is 5.32 Å². The molecule has 0 spiro atoms. The van der Waals surface area contributed by atoms with Crippen LogP contribution >= 0.6 is 11.3 Å². The van der Waals surface area contributed by atoms with E-state index in [1.54, 1.807) is 35.0 Å². The number of thiazole rings is 1. The smallest absolute Gasteiger partial charge is 0.256 e. The van der Waals surface area contributed by atoms with Crippen LogP contribution in [-0.4, -0.2) is 20.7 Å². The van der Waals surface area contributed by atoms with Gasteiger partial charge in [0.1, 0.15) is 5.82 Å². The van der Waals surface area contributed by atoms with E-state index in [4.69, 9.17) is 5.26 Å². The number of carbonyl (C=O) groups excluding carboxylic acids is 1. The minimum atomic E-state index is -0.301. The summed E-state index contributed by atoms with van der Waals surface area (Å²) in [7, 11) is 0. The Labute approximate surface area is 159 Å². The second kappa shape index (κ2) is 6.67. The van der Waals surface area contributed by atoms with Crippen molar-refractivity contribution in [3.63, 3.8) is 0 Å². The number of benzene rings is 2. The molecule has 0 unspecified atom stereocenters. The van der Waals surface area contributed by atoms with Gasteiger partial charge in [0.05, 0.1) is 27.5 Å². The van der Waals surface area contributed by atoms with Gasteiger partial charge in [0.2, 0.25) is 5.13 Å². The van der Waals surface area contributed by atoms with Crippen LogP contribution in [0.4, 0.5) is 5.82 Å². The van der Waals surface area contributed by atoms with E-state index in [1.807, 2.05) is 32.0 Å². The first-order chi connectivity index (χ1) is 13.0. The van der Waals surface area contributed by atoms with E-state index >= 15 is 0 Å². The molecule has 0 atom stereocenters. The molecule has 0 saturated heterocycles. The minimum Gasteiger partial charge on any atom is -0.306 e. The first-order valence-electron chi connectivity index (χ1n) is 8.29. The van der Waals surface area contributed by atoms with E-state index in [-0.39, 0.29) is 5.91 Å².